The summed E-state index contributed by atoms with van der Waals surface area (Å²) in [5.41, 5.74) is 0.855. The van der Waals surface area contributed by atoms with Crippen LogP contribution in [0.3, 0.4) is 0 Å². The van der Waals surface area contributed by atoms with Crippen LogP contribution in [0.4, 0.5) is 5.69 Å². The zero-order chi connectivity index (χ0) is 19.0. The van der Waals surface area contributed by atoms with Gasteiger partial charge in [-0.05, 0) is 52.6 Å². The molecule has 0 aliphatic carbocycles. The van der Waals surface area contributed by atoms with E-state index in [1.165, 1.54) is 15.7 Å². The fourth-order valence-corrected chi connectivity index (χ4v) is 3.43. The molecule has 0 aromatic heterocycles. The van der Waals surface area contributed by atoms with Crippen LogP contribution in [-0.4, -0.2) is 5.90 Å². The van der Waals surface area contributed by atoms with Gasteiger partial charge in [-0.3, -0.25) is 0 Å². The van der Waals surface area contributed by atoms with Crippen molar-refractivity contribution in [2.75, 3.05) is 0 Å². The molecule has 3 heteroatoms. The number of para-hydroxylation sites is 2. The molecule has 0 spiro atoms. The number of hydrogen-bond donors (Lipinski definition) is 0. The summed E-state index contributed by atoms with van der Waals surface area (Å²) < 4.78 is 5.98. The molecule has 0 amide bonds. The lowest BCUT2D eigenvalue weighted by molar-refractivity contribution is 0.556. The van der Waals surface area contributed by atoms with Gasteiger partial charge in [0.15, 0.2) is 0 Å². The summed E-state index contributed by atoms with van der Waals surface area (Å²) in [6.07, 6.45) is 1.90. The Hall–Kier alpha value is -3.30. The highest BCUT2D eigenvalue weighted by molar-refractivity contribution is 8.02. The van der Waals surface area contributed by atoms with E-state index in [1.54, 1.807) is 11.8 Å². The lowest BCUT2D eigenvalue weighted by atomic mass is 10.1. The van der Waals surface area contributed by atoms with Crippen molar-refractivity contribution in [2.24, 2.45) is 4.99 Å². The van der Waals surface area contributed by atoms with Crippen molar-refractivity contribution in [3.8, 4) is 5.75 Å². The van der Waals surface area contributed by atoms with Crippen LogP contribution in [0.5, 0.6) is 5.75 Å². The summed E-state index contributed by atoms with van der Waals surface area (Å²) in [4.78, 5) is 5.80. The maximum absolute atomic E-state index is 5.98. The second-order valence-electron chi connectivity index (χ2n) is 6.13. The zero-order valence-corrected chi connectivity index (χ0v) is 16.0. The van der Waals surface area contributed by atoms with Crippen molar-refractivity contribution >= 4 is 34.1 Å². The molecule has 0 N–H and O–H groups in total. The van der Waals surface area contributed by atoms with Crippen molar-refractivity contribution in [1.82, 2.24) is 0 Å². The van der Waals surface area contributed by atoms with Crippen LogP contribution in [0, 0.1) is 0 Å². The third kappa shape index (κ3) is 4.90. The van der Waals surface area contributed by atoms with Crippen LogP contribution >= 0.6 is 11.8 Å². The Bertz CT molecular complexity index is 1100. The molecule has 0 radical (unpaired) electrons. The number of benzene rings is 4. The molecule has 0 atom stereocenters. The van der Waals surface area contributed by atoms with Gasteiger partial charge in [0.05, 0.1) is 5.69 Å². The molecule has 0 bridgehead atoms. The van der Waals surface area contributed by atoms with Gasteiger partial charge in [0.2, 0.25) is 5.90 Å². The van der Waals surface area contributed by atoms with Crippen LogP contribution in [0.2, 0.25) is 0 Å². The highest BCUT2D eigenvalue weighted by Gasteiger charge is 2.01. The van der Waals surface area contributed by atoms with Crippen molar-refractivity contribution < 1.29 is 4.74 Å². The van der Waals surface area contributed by atoms with Gasteiger partial charge in [-0.25, -0.2) is 4.99 Å². The molecule has 0 aliphatic heterocycles. The number of ether oxygens (including phenoxy) is 1. The normalized spacial score (nSPS) is 11.8. The third-order valence-electron chi connectivity index (χ3n) is 4.10. The lowest BCUT2D eigenvalue weighted by Crippen LogP contribution is -2.04. The minimum atomic E-state index is 0.547. The first-order valence-corrected chi connectivity index (χ1v) is 9.93. The Morgan fingerprint density at radius 1 is 0.714 bits per heavy atom. The van der Waals surface area contributed by atoms with Gasteiger partial charge in [0, 0.05) is 11.0 Å². The maximum atomic E-state index is 5.98. The summed E-state index contributed by atoms with van der Waals surface area (Å²) in [6, 6.07) is 34.4. The van der Waals surface area contributed by atoms with Crippen LogP contribution in [0.25, 0.3) is 10.8 Å². The van der Waals surface area contributed by atoms with Crippen molar-refractivity contribution in [3.05, 3.63) is 115 Å². The molecule has 4 rings (SSSR count). The van der Waals surface area contributed by atoms with Crippen LogP contribution in [-0.2, 0) is 0 Å². The quantitative estimate of drug-likeness (QED) is 0.206. The van der Waals surface area contributed by atoms with Gasteiger partial charge < -0.3 is 4.74 Å². The summed E-state index contributed by atoms with van der Waals surface area (Å²) in [5.74, 6) is 1.31. The van der Waals surface area contributed by atoms with E-state index in [9.17, 15) is 0 Å². The number of fused-ring (bicyclic) bond motifs is 1. The number of aliphatic imine (C=N–C) groups is 1. The lowest BCUT2D eigenvalue weighted by Gasteiger charge is -2.06. The van der Waals surface area contributed by atoms with E-state index in [0.29, 0.717) is 5.90 Å². The van der Waals surface area contributed by atoms with Crippen LogP contribution in [0.15, 0.2) is 125 Å². The first-order chi connectivity index (χ1) is 13.9. The standard InChI is InChI=1S/C25H19NOS/c1-3-11-22(12-4-1)26-25(27-23-13-5-2-6-14-23)17-18-28-24-16-15-20-9-7-8-10-21(20)19-24/h1-19H/b18-17+,26-25?. The number of hydrogen-bond acceptors (Lipinski definition) is 3. The predicted octanol–water partition coefficient (Wildman–Crippen LogP) is 7.25. The van der Waals surface area contributed by atoms with Crippen LogP contribution < -0.4 is 4.74 Å². The zero-order valence-electron chi connectivity index (χ0n) is 15.2. The summed E-state index contributed by atoms with van der Waals surface area (Å²) in [7, 11) is 0. The van der Waals surface area contributed by atoms with Crippen molar-refractivity contribution in [1.29, 1.82) is 0 Å². The Morgan fingerprint density at radius 3 is 2.18 bits per heavy atom. The van der Waals surface area contributed by atoms with Gasteiger partial charge in [0.1, 0.15) is 5.75 Å². The van der Waals surface area contributed by atoms with Gasteiger partial charge in [0.25, 0.3) is 0 Å². The molecule has 2 nitrogen and oxygen atoms in total. The highest BCUT2D eigenvalue weighted by Crippen LogP contribution is 2.24. The fraction of sp³-hybridized carbons (Fsp3) is 0. The summed E-state index contributed by atoms with van der Waals surface area (Å²) >= 11 is 1.64. The Morgan fingerprint density at radius 2 is 1.39 bits per heavy atom. The highest BCUT2D eigenvalue weighted by atomic mass is 32.2. The van der Waals surface area contributed by atoms with Gasteiger partial charge in [-0.15, -0.1) is 0 Å². The second kappa shape index (κ2) is 9.07. The molecule has 4 aromatic carbocycles. The molecule has 0 saturated heterocycles. The van der Waals surface area contributed by atoms with E-state index in [-0.39, 0.29) is 0 Å². The molecular weight excluding hydrogens is 362 g/mol. The van der Waals surface area contributed by atoms with Crippen LogP contribution in [0.1, 0.15) is 0 Å². The van der Waals surface area contributed by atoms with Gasteiger partial charge in [-0.2, -0.15) is 0 Å². The molecule has 0 saturated carbocycles. The largest absolute Gasteiger partial charge is 0.439 e. The van der Waals surface area contributed by atoms with E-state index in [1.807, 2.05) is 72.1 Å². The maximum Gasteiger partial charge on any atom is 0.220 e. The van der Waals surface area contributed by atoms with Crippen molar-refractivity contribution in [2.45, 2.75) is 4.90 Å². The summed E-state index contributed by atoms with van der Waals surface area (Å²) in [6.45, 7) is 0. The SMILES string of the molecule is C(=C\C(=Nc1ccccc1)Oc1ccccc1)/Sc1ccc2ccccc2c1. The molecule has 136 valence electrons. The average molecular weight is 382 g/mol. The second-order valence-corrected chi connectivity index (χ2v) is 7.11. The fourth-order valence-electron chi connectivity index (χ4n) is 2.74. The van der Waals surface area contributed by atoms with E-state index in [0.717, 1.165) is 11.4 Å². The third-order valence-corrected chi connectivity index (χ3v) is 4.90. The molecule has 28 heavy (non-hydrogen) atoms. The molecule has 0 fully saturated rings. The minimum absolute atomic E-state index is 0.547. The predicted molar refractivity (Wildman–Crippen MR) is 120 cm³/mol. The number of nitrogens with zero attached hydrogens (tertiary/aromatic N) is 1. The first-order valence-electron chi connectivity index (χ1n) is 9.05. The molecule has 0 aliphatic rings. The Kier molecular flexibility index (Phi) is 5.86. The Labute approximate surface area is 169 Å². The van der Waals surface area contributed by atoms with E-state index in [4.69, 9.17) is 4.74 Å². The molecular formula is C25H19NOS. The van der Waals surface area contributed by atoms with Gasteiger partial charge >= 0.3 is 0 Å². The minimum Gasteiger partial charge on any atom is -0.439 e. The van der Waals surface area contributed by atoms with Crippen molar-refractivity contribution in [3.63, 3.8) is 0 Å². The topological polar surface area (TPSA) is 21.6 Å². The Balaban J connectivity index is 1.54. The van der Waals surface area contributed by atoms with E-state index < -0.39 is 0 Å². The molecule has 4 aromatic rings. The molecule has 0 unspecified atom stereocenters. The monoisotopic (exact) mass is 381 g/mol. The number of rotatable bonds is 5. The summed E-state index contributed by atoms with van der Waals surface area (Å²) in [5, 5.41) is 4.49. The van der Waals surface area contributed by atoms with E-state index >= 15 is 0 Å². The first kappa shape index (κ1) is 18.1. The average Bonchev–Trinajstić information content (AvgIpc) is 2.75. The van der Waals surface area contributed by atoms with Gasteiger partial charge in [-0.1, -0.05) is 78.5 Å². The smallest absolute Gasteiger partial charge is 0.220 e. The van der Waals surface area contributed by atoms with E-state index in [2.05, 4.69) is 47.5 Å². The molecule has 0 heterocycles. The number of thioether (sulfide) groups is 1.